The molecule has 4 aromatic carbocycles. The maximum Gasteiger partial charge on any atom is 0.163 e. The van der Waals surface area contributed by atoms with E-state index in [-0.39, 0.29) is 29.3 Å². The quantitative estimate of drug-likeness (QED) is 0.0515. The zero-order chi connectivity index (χ0) is 78.0. The first-order chi connectivity index (χ1) is 54.4. The second-order valence-corrected chi connectivity index (χ2v) is 29.7. The number of para-hydroxylation sites is 2. The lowest BCUT2D eigenvalue weighted by molar-refractivity contribution is 0.197. The summed E-state index contributed by atoms with van der Waals surface area (Å²) >= 11 is 0. The van der Waals surface area contributed by atoms with Crippen molar-refractivity contribution in [2.75, 3.05) is 26.4 Å². The first kappa shape index (κ1) is 78.9. The van der Waals surface area contributed by atoms with Gasteiger partial charge in [0.05, 0.1) is 87.4 Å². The van der Waals surface area contributed by atoms with Crippen molar-refractivity contribution in [3.8, 4) is 90.8 Å². The van der Waals surface area contributed by atoms with E-state index < -0.39 is 0 Å². The van der Waals surface area contributed by atoms with Crippen LogP contribution in [0.2, 0.25) is 0 Å². The minimum absolute atomic E-state index is 0.257. The Morgan fingerprint density at radius 2 is 0.661 bits per heavy atom. The highest BCUT2D eigenvalue weighted by molar-refractivity contribution is 5.67. The number of ether oxygens (including phenoxy) is 4. The summed E-state index contributed by atoms with van der Waals surface area (Å²) in [7, 11) is 0. The van der Waals surface area contributed by atoms with E-state index in [1.807, 2.05) is 50.5 Å². The molecule has 8 heterocycles. The van der Waals surface area contributed by atoms with Gasteiger partial charge in [0.1, 0.15) is 82.7 Å². The van der Waals surface area contributed by atoms with E-state index in [9.17, 15) is 17.6 Å². The molecule has 4 aliphatic rings. The average Bonchev–Trinajstić information content (AvgIpc) is 1.67. The van der Waals surface area contributed by atoms with Gasteiger partial charge in [-0.2, -0.15) is 20.4 Å². The normalized spacial score (nSPS) is 19.5. The Hall–Kier alpha value is -11.2. The fraction of sp³-hybridized carbons (Fsp3) is 0.381. The van der Waals surface area contributed by atoms with Gasteiger partial charge in [0.2, 0.25) is 0 Å². The van der Waals surface area contributed by atoms with Crippen LogP contribution in [-0.4, -0.2) is 130 Å². The Bertz CT molecular complexity index is 4850. The van der Waals surface area contributed by atoms with Crippen molar-refractivity contribution < 1.29 is 36.5 Å². The van der Waals surface area contributed by atoms with Crippen molar-refractivity contribution in [1.29, 1.82) is 0 Å². The van der Waals surface area contributed by atoms with Gasteiger partial charge < -0.3 is 41.9 Å². The van der Waals surface area contributed by atoms with Crippen LogP contribution in [0.4, 0.5) is 17.6 Å². The minimum Gasteiger partial charge on any atom is -0.489 e. The molecule has 4 saturated carbocycles. The number of hydrogen-bond acceptors (Lipinski definition) is 20. The summed E-state index contributed by atoms with van der Waals surface area (Å²) in [4.78, 5) is 33.9. The van der Waals surface area contributed by atoms with Gasteiger partial charge in [-0.3, -0.25) is 0 Å². The van der Waals surface area contributed by atoms with Crippen LogP contribution in [0.15, 0.2) is 172 Å². The molecule has 112 heavy (non-hydrogen) atoms. The van der Waals surface area contributed by atoms with E-state index in [1.54, 1.807) is 109 Å². The van der Waals surface area contributed by atoms with Gasteiger partial charge in [0.25, 0.3) is 0 Å². The predicted molar refractivity (Wildman–Crippen MR) is 419 cm³/mol. The van der Waals surface area contributed by atoms with Crippen LogP contribution in [0, 0.1) is 74.6 Å². The summed E-state index contributed by atoms with van der Waals surface area (Å²) in [5.41, 5.74) is 34.8. The maximum atomic E-state index is 14.3. The summed E-state index contributed by atoms with van der Waals surface area (Å²) in [5, 5.41) is 17.4. The molecule has 0 saturated heterocycles. The Kier molecular flexibility index (Phi) is 26.5. The molecule has 0 radical (unpaired) electrons. The molecule has 0 unspecified atom stereocenters. The smallest absolute Gasteiger partial charge is 0.163 e. The molecule has 8 aromatic heterocycles. The zero-order valence-electron chi connectivity index (χ0n) is 63.5. The van der Waals surface area contributed by atoms with Gasteiger partial charge in [-0.15, -0.1) is 0 Å². The summed E-state index contributed by atoms with van der Waals surface area (Å²) < 4.78 is 86.8. The van der Waals surface area contributed by atoms with E-state index >= 15 is 0 Å². The number of aryl methyl sites for hydroxylation is 4. The van der Waals surface area contributed by atoms with Crippen LogP contribution in [0.3, 0.4) is 0 Å². The van der Waals surface area contributed by atoms with Crippen LogP contribution in [0.25, 0.3) is 67.8 Å². The monoisotopic (exact) mass is 1520 g/mol. The molecule has 0 bridgehead atoms. The third-order valence-corrected chi connectivity index (χ3v) is 21.2. The highest BCUT2D eigenvalue weighted by Gasteiger charge is 2.26. The van der Waals surface area contributed by atoms with E-state index in [0.717, 1.165) is 136 Å². The van der Waals surface area contributed by atoms with Crippen LogP contribution in [0.1, 0.15) is 125 Å². The third kappa shape index (κ3) is 20.5. The number of aromatic nitrogens is 16. The molecule has 0 spiro atoms. The summed E-state index contributed by atoms with van der Waals surface area (Å²) in [6, 6.07) is 21.3. The molecular formula is C84H96F4N20O4. The summed E-state index contributed by atoms with van der Waals surface area (Å²) in [6.45, 7) is 9.65. The summed E-state index contributed by atoms with van der Waals surface area (Å²) in [5.74, 6) is 3.29. The minimum atomic E-state index is -0.317. The average molecular weight is 1530 g/mol. The molecule has 28 heteroatoms. The highest BCUT2D eigenvalue weighted by atomic mass is 19.1. The maximum absolute atomic E-state index is 14.3. The molecule has 24 nitrogen and oxygen atoms in total. The van der Waals surface area contributed by atoms with Crippen molar-refractivity contribution in [2.45, 2.75) is 155 Å². The fourth-order valence-electron chi connectivity index (χ4n) is 14.5. The molecule has 4 aliphatic carbocycles. The molecular weight excluding hydrogens is 1430 g/mol. The molecule has 4 fully saturated rings. The SMILES string of the molecule is Cc1ccc(-n2cc(-c3ncncc3OCC3CCC(N)CC3)cn2)cc1F.Cc1ccc(-n2cc(-c3ncncc3OCC3CCC(N)CC3)cn2)cc1F.Cc1cccc(F)c1-n1cc(-c2ncncc2OCC2CCC(N)CC2)cn1.Cc1cccc(F)c1-n1cc(-c2ncncc2OC[C@H]2CCC[C@@H](N)C2)cn1. The second kappa shape index (κ2) is 37.7. The Balaban J connectivity index is 0.000000131. The lowest BCUT2D eigenvalue weighted by Gasteiger charge is -2.26. The van der Waals surface area contributed by atoms with Gasteiger partial charge in [-0.25, -0.2) is 76.2 Å². The number of benzene rings is 4. The molecule has 8 N–H and O–H groups in total. The molecule has 0 amide bonds. The van der Waals surface area contributed by atoms with Gasteiger partial charge in [0.15, 0.2) is 23.0 Å². The lowest BCUT2D eigenvalue weighted by Crippen LogP contribution is -2.30. The second-order valence-electron chi connectivity index (χ2n) is 29.7. The van der Waals surface area contributed by atoms with Crippen LogP contribution in [-0.2, 0) is 0 Å². The molecule has 12 aromatic rings. The van der Waals surface area contributed by atoms with Crippen LogP contribution >= 0.6 is 0 Å². The first-order valence-corrected chi connectivity index (χ1v) is 38.4. The number of hydrogen-bond donors (Lipinski definition) is 4. The van der Waals surface area contributed by atoms with Crippen molar-refractivity contribution in [3.63, 3.8) is 0 Å². The summed E-state index contributed by atoms with van der Waals surface area (Å²) in [6.07, 6.45) is 43.6. The van der Waals surface area contributed by atoms with Gasteiger partial charge in [-0.1, -0.05) is 42.8 Å². The standard InChI is InChI=1S/4C21H24FN5O/c2*1-14-2-7-18(8-19(14)22)27-11-16(9-26-27)21-20(10-24-13-25-21)28-12-15-3-5-17(23)6-4-15;1-14-4-2-7-18(22)21(14)27-11-16(9-26-27)20-19(10-24-13-25-20)28-12-15-5-3-6-17(23)8-15;1-14-3-2-4-18(22)21(14)27-11-16(9-26-27)20-19(10-24-13-25-20)28-12-15-5-7-17(23)8-6-15/h2*2,7-11,13,15,17H,3-6,12,23H2,1H3;2,4,7,9-11,13,15,17H,3,5-6,8,12,23H2,1H3;2-4,9-11,13,15,17H,5-8,12,23H2,1H3/t;;15-,17+;/m..0./s1. The van der Waals surface area contributed by atoms with Crippen molar-refractivity contribution in [3.05, 3.63) is 218 Å². The van der Waals surface area contributed by atoms with E-state index in [1.165, 1.54) is 58.9 Å². The van der Waals surface area contributed by atoms with Crippen molar-refractivity contribution in [1.82, 2.24) is 79.0 Å². The Morgan fingerprint density at radius 1 is 0.339 bits per heavy atom. The van der Waals surface area contributed by atoms with Crippen molar-refractivity contribution >= 4 is 0 Å². The molecule has 0 aliphatic heterocycles. The number of rotatable bonds is 20. The molecule has 2 atom stereocenters. The Morgan fingerprint density at radius 3 is 0.982 bits per heavy atom. The van der Waals surface area contributed by atoms with Gasteiger partial charge in [0, 0.05) is 71.2 Å². The molecule has 584 valence electrons. The number of halogens is 4. The first-order valence-electron chi connectivity index (χ1n) is 38.4. The predicted octanol–water partition coefficient (Wildman–Crippen LogP) is 14.7. The fourth-order valence-corrected chi connectivity index (χ4v) is 14.5. The lowest BCUT2D eigenvalue weighted by atomic mass is 9.87. The van der Waals surface area contributed by atoms with Gasteiger partial charge in [-0.05, 0) is 206 Å². The van der Waals surface area contributed by atoms with Crippen molar-refractivity contribution in [2.24, 2.45) is 46.6 Å². The third-order valence-electron chi connectivity index (χ3n) is 21.2. The van der Waals surface area contributed by atoms with Crippen LogP contribution in [0.5, 0.6) is 23.0 Å². The Labute approximate surface area is 648 Å². The number of nitrogens with zero attached hydrogens (tertiary/aromatic N) is 16. The highest BCUT2D eigenvalue weighted by Crippen LogP contribution is 2.36. The molecule has 16 rings (SSSR count). The van der Waals surface area contributed by atoms with E-state index in [2.05, 4.69) is 60.3 Å². The number of nitrogens with two attached hydrogens (primary N) is 4. The van der Waals surface area contributed by atoms with Crippen LogP contribution < -0.4 is 41.9 Å². The largest absolute Gasteiger partial charge is 0.489 e. The van der Waals surface area contributed by atoms with E-state index in [0.29, 0.717) is 148 Å². The zero-order valence-corrected chi connectivity index (χ0v) is 63.5. The van der Waals surface area contributed by atoms with E-state index in [4.69, 9.17) is 41.9 Å². The van der Waals surface area contributed by atoms with Gasteiger partial charge >= 0.3 is 0 Å². The topological polar surface area (TPSA) is 315 Å².